The van der Waals surface area contributed by atoms with Gasteiger partial charge in [-0.15, -0.1) is 0 Å². The molecule has 1 amide bonds. The number of nitrogens with one attached hydrogen (secondary N) is 1. The largest absolute Gasteiger partial charge is 0.497 e. The van der Waals surface area contributed by atoms with Crippen molar-refractivity contribution in [3.8, 4) is 11.5 Å². The number of carbonyl (C=O) groups is 2. The van der Waals surface area contributed by atoms with E-state index in [1.165, 1.54) is 0 Å². The zero-order valence-electron chi connectivity index (χ0n) is 16.3. The van der Waals surface area contributed by atoms with Crippen LogP contribution in [0.3, 0.4) is 0 Å². The molecule has 0 saturated carbocycles. The van der Waals surface area contributed by atoms with Gasteiger partial charge >= 0.3 is 5.97 Å². The van der Waals surface area contributed by atoms with Crippen molar-refractivity contribution in [2.24, 2.45) is 0 Å². The summed E-state index contributed by atoms with van der Waals surface area (Å²) >= 11 is 0. The third-order valence-electron chi connectivity index (χ3n) is 4.44. The van der Waals surface area contributed by atoms with E-state index >= 15 is 0 Å². The molecule has 144 valence electrons. The van der Waals surface area contributed by atoms with Gasteiger partial charge in [0, 0.05) is 5.56 Å². The average Bonchev–Trinajstić information content (AvgIpc) is 2.67. The summed E-state index contributed by atoms with van der Waals surface area (Å²) in [5.74, 6) is 0.383. The van der Waals surface area contributed by atoms with Crippen LogP contribution in [0.4, 0.5) is 0 Å². The number of esters is 1. The first kappa shape index (κ1) is 20.3. The number of aryl methyl sites for hydroxylation is 1. The number of hydrogen-bond donors (Lipinski definition) is 1. The highest BCUT2D eigenvalue weighted by Gasteiger charge is 2.17. The summed E-state index contributed by atoms with van der Waals surface area (Å²) < 4.78 is 15.7. The Hall–Kier alpha value is -3.02. The van der Waals surface area contributed by atoms with Crippen LogP contribution in [0.1, 0.15) is 40.0 Å². The minimum Gasteiger partial charge on any atom is -0.497 e. The van der Waals surface area contributed by atoms with E-state index in [1.807, 2.05) is 26.8 Å². The number of carbonyl (C=O) groups excluding carboxylic acids is 2. The summed E-state index contributed by atoms with van der Waals surface area (Å²) in [4.78, 5) is 24.4. The molecule has 27 heavy (non-hydrogen) atoms. The van der Waals surface area contributed by atoms with Crippen molar-refractivity contribution in [3.63, 3.8) is 0 Å². The maximum atomic E-state index is 12.2. The van der Waals surface area contributed by atoms with Crippen LogP contribution in [0, 0.1) is 13.8 Å². The Bertz CT molecular complexity index is 831. The van der Waals surface area contributed by atoms with Crippen molar-refractivity contribution in [1.29, 1.82) is 0 Å². The molecule has 0 unspecified atom stereocenters. The molecule has 0 aromatic heterocycles. The van der Waals surface area contributed by atoms with Crippen molar-refractivity contribution in [3.05, 3.63) is 58.7 Å². The first-order chi connectivity index (χ1) is 12.9. The van der Waals surface area contributed by atoms with Crippen LogP contribution in [0.25, 0.3) is 0 Å². The standard InChI is InChI=1S/C21H25NO5/c1-13-7-6-8-17(14(13)2)21(24)27-12-20(23)22-15(3)18-11-16(25-4)9-10-19(18)26-5/h6-11,15H,12H2,1-5H3,(H,22,23)/t15-/m0/s1. The molecular weight excluding hydrogens is 346 g/mol. The molecule has 0 radical (unpaired) electrons. The summed E-state index contributed by atoms with van der Waals surface area (Å²) in [6.45, 7) is 5.23. The zero-order valence-corrected chi connectivity index (χ0v) is 16.3. The minimum atomic E-state index is -0.516. The molecule has 6 heteroatoms. The van der Waals surface area contributed by atoms with Gasteiger partial charge in [0.25, 0.3) is 5.91 Å². The van der Waals surface area contributed by atoms with Gasteiger partial charge in [-0.05, 0) is 56.2 Å². The maximum absolute atomic E-state index is 12.2. The lowest BCUT2D eigenvalue weighted by Gasteiger charge is -2.18. The Balaban J connectivity index is 1.99. The average molecular weight is 371 g/mol. The summed E-state index contributed by atoms with van der Waals surface area (Å²) in [6.07, 6.45) is 0. The summed E-state index contributed by atoms with van der Waals surface area (Å²) in [6, 6.07) is 10.4. The monoisotopic (exact) mass is 371 g/mol. The topological polar surface area (TPSA) is 73.9 Å². The van der Waals surface area contributed by atoms with E-state index in [4.69, 9.17) is 14.2 Å². The van der Waals surface area contributed by atoms with Crippen LogP contribution in [-0.2, 0) is 9.53 Å². The zero-order chi connectivity index (χ0) is 20.0. The lowest BCUT2D eigenvalue weighted by molar-refractivity contribution is -0.124. The number of rotatable bonds is 7. The molecule has 0 bridgehead atoms. The molecule has 0 fully saturated rings. The lowest BCUT2D eigenvalue weighted by Crippen LogP contribution is -2.31. The molecule has 0 saturated heterocycles. The Morgan fingerprint density at radius 1 is 1.07 bits per heavy atom. The minimum absolute atomic E-state index is 0.345. The van der Waals surface area contributed by atoms with Crippen molar-refractivity contribution in [2.45, 2.75) is 26.8 Å². The molecular formula is C21H25NO5. The van der Waals surface area contributed by atoms with Crippen LogP contribution < -0.4 is 14.8 Å². The van der Waals surface area contributed by atoms with Crippen LogP contribution in [0.2, 0.25) is 0 Å². The first-order valence-corrected chi connectivity index (χ1v) is 8.62. The Labute approximate surface area is 159 Å². The molecule has 6 nitrogen and oxygen atoms in total. The van der Waals surface area contributed by atoms with Gasteiger partial charge < -0.3 is 19.5 Å². The highest BCUT2D eigenvalue weighted by atomic mass is 16.5. The second-order valence-electron chi connectivity index (χ2n) is 6.22. The molecule has 2 rings (SSSR count). The summed E-state index contributed by atoms with van der Waals surface area (Å²) in [7, 11) is 3.13. The van der Waals surface area contributed by atoms with Crippen molar-refractivity contribution in [2.75, 3.05) is 20.8 Å². The third kappa shape index (κ3) is 5.00. The van der Waals surface area contributed by atoms with Crippen LogP contribution >= 0.6 is 0 Å². The third-order valence-corrected chi connectivity index (χ3v) is 4.44. The van der Waals surface area contributed by atoms with Gasteiger partial charge in [-0.25, -0.2) is 4.79 Å². The Morgan fingerprint density at radius 3 is 2.48 bits per heavy atom. The molecule has 0 heterocycles. The number of amides is 1. The lowest BCUT2D eigenvalue weighted by atomic mass is 10.0. The van der Waals surface area contributed by atoms with E-state index in [-0.39, 0.29) is 12.6 Å². The van der Waals surface area contributed by atoms with Gasteiger partial charge in [0.15, 0.2) is 6.61 Å². The fraction of sp³-hybridized carbons (Fsp3) is 0.333. The molecule has 2 aromatic rings. The van der Waals surface area contributed by atoms with Crippen LogP contribution in [0.15, 0.2) is 36.4 Å². The van der Waals surface area contributed by atoms with E-state index < -0.39 is 11.9 Å². The van der Waals surface area contributed by atoms with Crippen molar-refractivity contribution in [1.82, 2.24) is 5.32 Å². The number of benzene rings is 2. The fourth-order valence-electron chi connectivity index (χ4n) is 2.72. The van der Waals surface area contributed by atoms with Gasteiger partial charge in [-0.1, -0.05) is 12.1 Å². The second kappa shape index (κ2) is 9.07. The number of ether oxygens (including phenoxy) is 3. The highest BCUT2D eigenvalue weighted by molar-refractivity contribution is 5.93. The fourth-order valence-corrected chi connectivity index (χ4v) is 2.72. The predicted octanol–water partition coefficient (Wildman–Crippen LogP) is 3.35. The van der Waals surface area contributed by atoms with Gasteiger partial charge in [0.1, 0.15) is 11.5 Å². The summed E-state index contributed by atoms with van der Waals surface area (Å²) in [5.41, 5.74) is 3.07. The Kier molecular flexibility index (Phi) is 6.82. The van der Waals surface area contributed by atoms with Gasteiger partial charge in [0.2, 0.25) is 0 Å². The van der Waals surface area contributed by atoms with Crippen molar-refractivity contribution >= 4 is 11.9 Å². The highest BCUT2D eigenvalue weighted by Crippen LogP contribution is 2.29. The van der Waals surface area contributed by atoms with E-state index in [0.29, 0.717) is 17.1 Å². The first-order valence-electron chi connectivity index (χ1n) is 8.62. The van der Waals surface area contributed by atoms with E-state index in [2.05, 4.69) is 5.32 Å². The molecule has 0 aliphatic heterocycles. The van der Waals surface area contributed by atoms with Crippen LogP contribution in [0.5, 0.6) is 11.5 Å². The summed E-state index contributed by atoms with van der Waals surface area (Å²) in [5, 5.41) is 2.80. The molecule has 2 aromatic carbocycles. The molecule has 1 atom stereocenters. The number of methoxy groups -OCH3 is 2. The van der Waals surface area contributed by atoms with Gasteiger partial charge in [-0.2, -0.15) is 0 Å². The predicted molar refractivity (Wildman–Crippen MR) is 102 cm³/mol. The van der Waals surface area contributed by atoms with E-state index in [9.17, 15) is 9.59 Å². The molecule has 0 aliphatic rings. The quantitative estimate of drug-likeness (QED) is 0.756. The van der Waals surface area contributed by atoms with E-state index in [1.54, 1.807) is 44.6 Å². The number of hydrogen-bond acceptors (Lipinski definition) is 5. The van der Waals surface area contributed by atoms with Crippen molar-refractivity contribution < 1.29 is 23.8 Å². The molecule has 0 aliphatic carbocycles. The smallest absolute Gasteiger partial charge is 0.338 e. The van der Waals surface area contributed by atoms with Crippen LogP contribution in [-0.4, -0.2) is 32.7 Å². The van der Waals surface area contributed by atoms with Gasteiger partial charge in [0.05, 0.1) is 25.8 Å². The Morgan fingerprint density at radius 2 is 1.81 bits per heavy atom. The maximum Gasteiger partial charge on any atom is 0.338 e. The molecule has 0 spiro atoms. The SMILES string of the molecule is COc1ccc(OC)c([C@H](C)NC(=O)COC(=O)c2cccc(C)c2C)c1. The second-order valence-corrected chi connectivity index (χ2v) is 6.22. The van der Waals surface area contributed by atoms with Gasteiger partial charge in [-0.3, -0.25) is 4.79 Å². The normalized spacial score (nSPS) is 11.4. The molecule has 1 N–H and O–H groups in total. The van der Waals surface area contributed by atoms with E-state index in [0.717, 1.165) is 16.7 Å².